The number of nitrogens with one attached hydrogen (secondary N) is 2. The van der Waals surface area contributed by atoms with E-state index in [2.05, 4.69) is 15.5 Å². The lowest BCUT2D eigenvalue weighted by atomic mass is 10.1. The maximum absolute atomic E-state index is 11.8. The monoisotopic (exact) mass is 349 g/mol. The van der Waals surface area contributed by atoms with Crippen molar-refractivity contribution in [2.45, 2.75) is 6.42 Å². The normalized spacial score (nSPS) is 23.2. The Labute approximate surface area is 148 Å². The first kappa shape index (κ1) is 19.7. The van der Waals surface area contributed by atoms with Gasteiger partial charge in [-0.05, 0) is 31.6 Å². The minimum atomic E-state index is -0.893. The number of carbonyl (C=O) groups excluding carboxylic acids is 2. The van der Waals surface area contributed by atoms with Crippen LogP contribution >= 0.6 is 0 Å². The van der Waals surface area contributed by atoms with Crippen molar-refractivity contribution in [2.75, 3.05) is 52.4 Å². The largest absolute Gasteiger partial charge is 0.480 e. The minimum absolute atomic E-state index is 0.0722. The van der Waals surface area contributed by atoms with Crippen LogP contribution in [0.15, 0.2) is 0 Å². The second kappa shape index (κ2) is 10.4. The SMILES string of the molecule is O=C(O)CN1CCNC(=O)CC(=O)NCCN(C[C]2[CH][CH][CH][CH]2)CC1. The summed E-state index contributed by atoms with van der Waals surface area (Å²) in [4.78, 5) is 38.5. The Balaban J connectivity index is 1.95. The van der Waals surface area contributed by atoms with Crippen molar-refractivity contribution in [3.63, 3.8) is 0 Å². The Morgan fingerprint density at radius 3 is 2.12 bits per heavy atom. The smallest absolute Gasteiger partial charge is 0.317 e. The van der Waals surface area contributed by atoms with Gasteiger partial charge in [-0.15, -0.1) is 0 Å². The molecule has 3 N–H and O–H groups in total. The highest BCUT2D eigenvalue weighted by molar-refractivity contribution is 5.96. The van der Waals surface area contributed by atoms with E-state index in [1.54, 1.807) is 4.90 Å². The van der Waals surface area contributed by atoms with E-state index in [1.165, 1.54) is 5.92 Å². The molecule has 0 aromatic heterocycles. The molecule has 1 heterocycles. The first-order chi connectivity index (χ1) is 12.0. The van der Waals surface area contributed by atoms with Gasteiger partial charge >= 0.3 is 5.97 Å². The quantitative estimate of drug-likeness (QED) is 0.546. The van der Waals surface area contributed by atoms with Crippen LogP contribution in [0, 0.1) is 31.6 Å². The summed E-state index contributed by atoms with van der Waals surface area (Å²) in [5, 5.41) is 14.5. The van der Waals surface area contributed by atoms with Crippen molar-refractivity contribution in [3.05, 3.63) is 31.6 Å². The second-order valence-electron chi connectivity index (χ2n) is 6.12. The van der Waals surface area contributed by atoms with Gasteiger partial charge in [0.1, 0.15) is 6.42 Å². The highest BCUT2D eigenvalue weighted by atomic mass is 16.4. The van der Waals surface area contributed by atoms with Crippen LogP contribution in [0.3, 0.4) is 0 Å². The summed E-state index contributed by atoms with van der Waals surface area (Å²) in [6.07, 6.45) is 7.83. The zero-order valence-corrected chi connectivity index (χ0v) is 14.2. The summed E-state index contributed by atoms with van der Waals surface area (Å²) < 4.78 is 0. The van der Waals surface area contributed by atoms with Gasteiger partial charge in [0.05, 0.1) is 6.54 Å². The highest BCUT2D eigenvalue weighted by Gasteiger charge is 2.21. The number of nitrogens with zero attached hydrogens (tertiary/aromatic N) is 2. The van der Waals surface area contributed by atoms with E-state index >= 15 is 0 Å². The molecule has 0 bridgehead atoms. The number of carboxylic acid groups (broad SMARTS) is 1. The molecule has 2 aliphatic rings. The summed E-state index contributed by atoms with van der Waals surface area (Å²) in [5.41, 5.74) is 0. The molecule has 1 saturated heterocycles. The Hall–Kier alpha value is -1.67. The van der Waals surface area contributed by atoms with Gasteiger partial charge in [-0.1, -0.05) is 0 Å². The van der Waals surface area contributed by atoms with Crippen LogP contribution in [-0.2, 0) is 14.4 Å². The Morgan fingerprint density at radius 1 is 0.960 bits per heavy atom. The molecule has 2 amide bonds. The van der Waals surface area contributed by atoms with Gasteiger partial charge in [0.15, 0.2) is 0 Å². The maximum Gasteiger partial charge on any atom is 0.317 e. The minimum Gasteiger partial charge on any atom is -0.480 e. The average molecular weight is 349 g/mol. The molecule has 0 spiro atoms. The Morgan fingerprint density at radius 2 is 1.52 bits per heavy atom. The van der Waals surface area contributed by atoms with Crippen LogP contribution in [0.2, 0.25) is 0 Å². The molecule has 0 aromatic rings. The van der Waals surface area contributed by atoms with Crippen LogP contribution in [0.25, 0.3) is 0 Å². The lowest BCUT2D eigenvalue weighted by molar-refractivity contribution is -0.138. The van der Waals surface area contributed by atoms with E-state index in [9.17, 15) is 14.4 Å². The van der Waals surface area contributed by atoms with E-state index < -0.39 is 5.97 Å². The molecule has 2 rings (SSSR count). The van der Waals surface area contributed by atoms with Crippen LogP contribution < -0.4 is 10.6 Å². The fraction of sp³-hybridized carbons (Fsp3) is 0.529. The molecule has 137 valence electrons. The molecule has 0 unspecified atom stereocenters. The zero-order chi connectivity index (χ0) is 18.1. The van der Waals surface area contributed by atoms with Gasteiger partial charge in [0, 0.05) is 45.8 Å². The van der Waals surface area contributed by atoms with Gasteiger partial charge in [-0.25, -0.2) is 0 Å². The third-order valence-corrected chi connectivity index (χ3v) is 4.05. The molecule has 8 nitrogen and oxygen atoms in total. The molecular weight excluding hydrogens is 324 g/mol. The predicted molar refractivity (Wildman–Crippen MR) is 91.6 cm³/mol. The van der Waals surface area contributed by atoms with E-state index in [-0.39, 0.29) is 24.8 Å². The van der Waals surface area contributed by atoms with Gasteiger partial charge in [0.25, 0.3) is 0 Å². The van der Waals surface area contributed by atoms with Crippen LogP contribution in [0.4, 0.5) is 0 Å². The first-order valence-electron chi connectivity index (χ1n) is 8.43. The topological polar surface area (TPSA) is 102 Å². The van der Waals surface area contributed by atoms with E-state index in [4.69, 9.17) is 5.11 Å². The standard InChI is InChI=1S/C17H25N4O4/c22-15-11-16(23)19-6-8-21(13-17(24)25)10-9-20(7-5-18-15)12-14-3-1-2-4-14/h1-4H,5-13H2,(H,18,22)(H,19,23)(H,24,25). The number of carbonyl (C=O) groups is 3. The summed E-state index contributed by atoms with van der Waals surface area (Å²) in [6, 6.07) is 0. The van der Waals surface area contributed by atoms with Crippen molar-refractivity contribution < 1.29 is 19.5 Å². The van der Waals surface area contributed by atoms with Gasteiger partial charge in [0.2, 0.25) is 11.8 Å². The molecule has 25 heavy (non-hydrogen) atoms. The van der Waals surface area contributed by atoms with Crippen LogP contribution in [0.1, 0.15) is 6.42 Å². The lowest BCUT2D eigenvalue weighted by Crippen LogP contribution is -2.43. The first-order valence-corrected chi connectivity index (χ1v) is 8.43. The van der Waals surface area contributed by atoms with Crippen LogP contribution in [-0.4, -0.2) is 85.0 Å². The summed E-state index contributed by atoms with van der Waals surface area (Å²) in [6.45, 7) is 3.77. The zero-order valence-electron chi connectivity index (χ0n) is 14.2. The van der Waals surface area contributed by atoms with E-state index in [0.717, 1.165) is 6.54 Å². The average Bonchev–Trinajstić information content (AvgIpc) is 3.03. The molecule has 8 heteroatoms. The second-order valence-corrected chi connectivity index (χ2v) is 6.12. The fourth-order valence-corrected chi connectivity index (χ4v) is 2.77. The Kier molecular flexibility index (Phi) is 8.14. The van der Waals surface area contributed by atoms with Gasteiger partial charge < -0.3 is 15.7 Å². The van der Waals surface area contributed by atoms with Crippen molar-refractivity contribution >= 4 is 17.8 Å². The molecule has 2 fully saturated rings. The third-order valence-electron chi connectivity index (χ3n) is 4.05. The molecule has 1 aliphatic carbocycles. The molecule has 5 radical (unpaired) electrons. The number of amides is 2. The molecule has 1 aliphatic heterocycles. The van der Waals surface area contributed by atoms with Crippen molar-refractivity contribution in [3.8, 4) is 0 Å². The molecule has 1 saturated carbocycles. The number of aliphatic carboxylic acids is 1. The third kappa shape index (κ3) is 7.83. The van der Waals surface area contributed by atoms with Crippen molar-refractivity contribution in [1.82, 2.24) is 20.4 Å². The molecule has 0 aromatic carbocycles. The molecule has 0 atom stereocenters. The highest BCUT2D eigenvalue weighted by Crippen LogP contribution is 2.23. The summed E-state index contributed by atoms with van der Waals surface area (Å²) >= 11 is 0. The number of hydrogen-bond donors (Lipinski definition) is 3. The maximum atomic E-state index is 11.8. The summed E-state index contributed by atoms with van der Waals surface area (Å²) in [7, 11) is 0. The van der Waals surface area contributed by atoms with Gasteiger partial charge in [-0.2, -0.15) is 0 Å². The number of carboxylic acids is 1. The predicted octanol–water partition coefficient (Wildman–Crippen LogP) is -1.28. The lowest BCUT2D eigenvalue weighted by Gasteiger charge is -2.28. The van der Waals surface area contributed by atoms with E-state index in [0.29, 0.717) is 39.3 Å². The van der Waals surface area contributed by atoms with Crippen molar-refractivity contribution in [1.29, 1.82) is 0 Å². The Bertz CT molecular complexity index is 466. The van der Waals surface area contributed by atoms with Gasteiger partial charge in [-0.3, -0.25) is 24.2 Å². The fourth-order valence-electron chi connectivity index (χ4n) is 2.77. The number of rotatable bonds is 4. The molecular formula is C17H25N4O4. The van der Waals surface area contributed by atoms with Crippen LogP contribution in [0.5, 0.6) is 0 Å². The summed E-state index contributed by atoms with van der Waals surface area (Å²) in [5.74, 6) is -0.361. The van der Waals surface area contributed by atoms with E-state index in [1.807, 2.05) is 25.7 Å². The number of hydrogen-bond acceptors (Lipinski definition) is 5. The van der Waals surface area contributed by atoms with Crippen molar-refractivity contribution in [2.24, 2.45) is 0 Å².